The number of furan rings is 1. The lowest BCUT2D eigenvalue weighted by molar-refractivity contribution is 0.110. The van der Waals surface area contributed by atoms with Crippen molar-refractivity contribution < 1.29 is 14.3 Å². The SMILES string of the molecule is Cc1cccc(C)c1NC(=O)N1CCCC1CC(O)c1ccco1. The van der Waals surface area contributed by atoms with Gasteiger partial charge in [-0.25, -0.2) is 4.79 Å². The van der Waals surface area contributed by atoms with Gasteiger partial charge >= 0.3 is 6.03 Å². The first kappa shape index (κ1) is 16.6. The molecule has 0 spiro atoms. The number of anilines is 1. The van der Waals surface area contributed by atoms with Crippen molar-refractivity contribution in [3.63, 3.8) is 0 Å². The Morgan fingerprint density at radius 3 is 2.75 bits per heavy atom. The summed E-state index contributed by atoms with van der Waals surface area (Å²) in [6.07, 6.45) is 3.22. The van der Waals surface area contributed by atoms with Crippen molar-refractivity contribution in [2.75, 3.05) is 11.9 Å². The Labute approximate surface area is 142 Å². The quantitative estimate of drug-likeness (QED) is 0.891. The van der Waals surface area contributed by atoms with Gasteiger partial charge in [0.1, 0.15) is 11.9 Å². The van der Waals surface area contributed by atoms with Crippen molar-refractivity contribution >= 4 is 11.7 Å². The van der Waals surface area contributed by atoms with Gasteiger partial charge in [0, 0.05) is 24.7 Å². The summed E-state index contributed by atoms with van der Waals surface area (Å²) in [6.45, 7) is 4.70. The van der Waals surface area contributed by atoms with Crippen LogP contribution in [0.15, 0.2) is 41.0 Å². The molecule has 1 aromatic carbocycles. The number of carbonyl (C=O) groups is 1. The highest BCUT2D eigenvalue weighted by molar-refractivity contribution is 5.91. The van der Waals surface area contributed by atoms with Crippen molar-refractivity contribution in [3.8, 4) is 0 Å². The van der Waals surface area contributed by atoms with Crippen molar-refractivity contribution in [2.24, 2.45) is 0 Å². The third-order valence-corrected chi connectivity index (χ3v) is 4.72. The second-order valence-electron chi connectivity index (χ2n) is 6.45. The molecule has 0 saturated carbocycles. The van der Waals surface area contributed by atoms with E-state index in [9.17, 15) is 9.90 Å². The maximum Gasteiger partial charge on any atom is 0.322 e. The van der Waals surface area contributed by atoms with Gasteiger partial charge in [-0.1, -0.05) is 18.2 Å². The zero-order valence-corrected chi connectivity index (χ0v) is 14.2. The average molecular weight is 328 g/mol. The molecule has 2 atom stereocenters. The minimum absolute atomic E-state index is 0.0226. The lowest BCUT2D eigenvalue weighted by Crippen LogP contribution is -2.39. The summed E-state index contributed by atoms with van der Waals surface area (Å²) in [6, 6.07) is 9.42. The Morgan fingerprint density at radius 2 is 2.08 bits per heavy atom. The van der Waals surface area contributed by atoms with Crippen LogP contribution in [0.2, 0.25) is 0 Å². The molecule has 24 heavy (non-hydrogen) atoms. The molecule has 1 aliphatic heterocycles. The second kappa shape index (κ2) is 7.09. The fraction of sp³-hybridized carbons (Fsp3) is 0.421. The summed E-state index contributed by atoms with van der Waals surface area (Å²) in [4.78, 5) is 14.5. The summed E-state index contributed by atoms with van der Waals surface area (Å²) in [5.41, 5.74) is 2.98. The lowest BCUT2D eigenvalue weighted by atomic mass is 10.1. The number of aryl methyl sites for hydroxylation is 2. The van der Waals surface area contributed by atoms with Gasteiger partial charge in [-0.3, -0.25) is 0 Å². The highest BCUT2D eigenvalue weighted by atomic mass is 16.4. The van der Waals surface area contributed by atoms with Crippen molar-refractivity contribution in [1.82, 2.24) is 4.90 Å². The number of amides is 2. The Balaban J connectivity index is 1.67. The van der Waals surface area contributed by atoms with Crippen LogP contribution in [0.5, 0.6) is 0 Å². The van der Waals surface area contributed by atoms with Crippen molar-refractivity contribution in [2.45, 2.75) is 45.3 Å². The van der Waals surface area contributed by atoms with Gasteiger partial charge in [-0.2, -0.15) is 0 Å². The third kappa shape index (κ3) is 3.46. The molecule has 1 aliphatic rings. The molecule has 2 aromatic rings. The number of urea groups is 1. The summed E-state index contributed by atoms with van der Waals surface area (Å²) in [5.74, 6) is 0.553. The molecule has 2 heterocycles. The zero-order chi connectivity index (χ0) is 17.1. The number of rotatable bonds is 4. The first-order valence-electron chi connectivity index (χ1n) is 8.41. The number of para-hydroxylation sites is 1. The molecule has 0 radical (unpaired) electrons. The van der Waals surface area contributed by atoms with Crippen LogP contribution in [-0.2, 0) is 0 Å². The minimum Gasteiger partial charge on any atom is -0.467 e. The number of carbonyl (C=O) groups excluding carboxylic acids is 1. The normalized spacial score (nSPS) is 18.6. The second-order valence-corrected chi connectivity index (χ2v) is 6.45. The molecule has 3 rings (SSSR count). The first-order valence-corrected chi connectivity index (χ1v) is 8.41. The summed E-state index contributed by atoms with van der Waals surface area (Å²) < 4.78 is 5.26. The number of hydrogen-bond donors (Lipinski definition) is 2. The molecule has 0 aliphatic carbocycles. The number of aliphatic hydroxyl groups excluding tert-OH is 1. The van der Waals surface area contributed by atoms with Crippen LogP contribution in [-0.4, -0.2) is 28.6 Å². The molecule has 2 unspecified atom stereocenters. The van der Waals surface area contributed by atoms with E-state index in [0.717, 1.165) is 29.7 Å². The molecular formula is C19H24N2O3. The van der Waals surface area contributed by atoms with Crippen LogP contribution in [0, 0.1) is 13.8 Å². The van der Waals surface area contributed by atoms with Crippen LogP contribution < -0.4 is 5.32 Å². The van der Waals surface area contributed by atoms with Gasteiger partial charge < -0.3 is 19.7 Å². The fourth-order valence-corrected chi connectivity index (χ4v) is 3.39. The topological polar surface area (TPSA) is 65.7 Å². The summed E-state index contributed by atoms with van der Waals surface area (Å²) >= 11 is 0. The molecule has 1 aromatic heterocycles. The smallest absolute Gasteiger partial charge is 0.322 e. The summed E-state index contributed by atoms with van der Waals surface area (Å²) in [5, 5.41) is 13.3. The molecule has 5 heteroatoms. The number of benzene rings is 1. The number of aliphatic hydroxyl groups is 1. The van der Waals surface area contributed by atoms with E-state index in [4.69, 9.17) is 4.42 Å². The van der Waals surface area contributed by atoms with Crippen molar-refractivity contribution in [1.29, 1.82) is 0 Å². The zero-order valence-electron chi connectivity index (χ0n) is 14.2. The number of likely N-dealkylation sites (tertiary alicyclic amines) is 1. The molecule has 1 saturated heterocycles. The van der Waals surface area contributed by atoms with E-state index in [-0.39, 0.29) is 12.1 Å². The van der Waals surface area contributed by atoms with Crippen LogP contribution >= 0.6 is 0 Å². The number of nitrogens with zero attached hydrogens (tertiary/aromatic N) is 1. The number of hydrogen-bond acceptors (Lipinski definition) is 3. The van der Waals surface area contributed by atoms with Crippen LogP contribution in [0.1, 0.15) is 42.3 Å². The third-order valence-electron chi connectivity index (χ3n) is 4.72. The highest BCUT2D eigenvalue weighted by Crippen LogP contribution is 2.29. The molecule has 1 fully saturated rings. The fourth-order valence-electron chi connectivity index (χ4n) is 3.39. The average Bonchev–Trinajstić information content (AvgIpc) is 3.22. The maximum atomic E-state index is 12.7. The van der Waals surface area contributed by atoms with Crippen molar-refractivity contribution in [3.05, 3.63) is 53.5 Å². The standard InChI is InChI=1S/C19H24N2O3/c1-13-6-3-7-14(2)18(13)20-19(23)21-10-4-8-15(21)12-16(22)17-9-5-11-24-17/h3,5-7,9,11,15-16,22H,4,8,10,12H2,1-2H3,(H,20,23). The first-order chi connectivity index (χ1) is 11.6. The van der Waals surface area contributed by atoms with Crippen LogP contribution in [0.3, 0.4) is 0 Å². The summed E-state index contributed by atoms with van der Waals surface area (Å²) in [7, 11) is 0. The van der Waals surface area contributed by atoms with Gasteiger partial charge in [-0.05, 0) is 49.9 Å². The Hall–Kier alpha value is -2.27. The van der Waals surface area contributed by atoms with Crippen LogP contribution in [0.4, 0.5) is 10.5 Å². The Bertz CT molecular complexity index is 676. The molecule has 2 N–H and O–H groups in total. The lowest BCUT2D eigenvalue weighted by Gasteiger charge is -2.27. The molecule has 2 amide bonds. The monoisotopic (exact) mass is 328 g/mol. The van der Waals surface area contributed by atoms with E-state index in [2.05, 4.69) is 5.32 Å². The number of nitrogens with one attached hydrogen (secondary N) is 1. The predicted octanol–water partition coefficient (Wildman–Crippen LogP) is 4.02. The largest absolute Gasteiger partial charge is 0.467 e. The maximum absolute atomic E-state index is 12.7. The highest BCUT2D eigenvalue weighted by Gasteiger charge is 2.31. The van der Waals surface area contributed by atoms with E-state index in [1.54, 1.807) is 18.4 Å². The van der Waals surface area contributed by atoms with E-state index in [1.165, 1.54) is 0 Å². The van der Waals surface area contributed by atoms with Gasteiger partial charge in [0.2, 0.25) is 0 Å². The van der Waals surface area contributed by atoms with Gasteiger partial charge in [-0.15, -0.1) is 0 Å². The van der Waals surface area contributed by atoms with Crippen LogP contribution in [0.25, 0.3) is 0 Å². The Morgan fingerprint density at radius 1 is 1.33 bits per heavy atom. The van der Waals surface area contributed by atoms with Gasteiger partial charge in [0.25, 0.3) is 0 Å². The Kier molecular flexibility index (Phi) is 4.90. The van der Waals surface area contributed by atoms with Gasteiger partial charge in [0.05, 0.1) is 6.26 Å². The predicted molar refractivity (Wildman–Crippen MR) is 92.9 cm³/mol. The van der Waals surface area contributed by atoms with E-state index in [0.29, 0.717) is 18.7 Å². The molecular weight excluding hydrogens is 304 g/mol. The minimum atomic E-state index is -0.682. The van der Waals surface area contributed by atoms with E-state index in [1.807, 2.05) is 36.9 Å². The van der Waals surface area contributed by atoms with E-state index < -0.39 is 6.10 Å². The molecule has 128 valence electrons. The molecule has 5 nitrogen and oxygen atoms in total. The molecule has 0 bridgehead atoms. The van der Waals surface area contributed by atoms with Gasteiger partial charge in [0.15, 0.2) is 0 Å². The van der Waals surface area contributed by atoms with E-state index >= 15 is 0 Å².